The van der Waals surface area contributed by atoms with Crippen LogP contribution < -0.4 is 9.62 Å². The number of carboxylic acid groups (broad SMARTS) is 1. The van der Waals surface area contributed by atoms with Gasteiger partial charge >= 0.3 is 12.1 Å². The van der Waals surface area contributed by atoms with Crippen molar-refractivity contribution in [1.29, 1.82) is 0 Å². The number of benzene rings is 3. The Kier molecular flexibility index (Phi) is 8.27. The fourth-order valence-electron chi connectivity index (χ4n) is 6.52. The second-order valence-electron chi connectivity index (χ2n) is 12.2. The van der Waals surface area contributed by atoms with Gasteiger partial charge in [-0.25, -0.2) is 17.8 Å². The third-order valence-corrected chi connectivity index (χ3v) is 11.0. The number of nitrogens with zero attached hydrogens (tertiary/aromatic N) is 3. The molecular formula is C33H32F4N4O5S. The van der Waals surface area contributed by atoms with Crippen molar-refractivity contribution in [2.45, 2.75) is 55.0 Å². The molecule has 14 heteroatoms. The number of imidazole rings is 1. The maximum atomic E-state index is 14.4. The number of halogens is 4. The first kappa shape index (κ1) is 32.5. The molecule has 0 saturated heterocycles. The Morgan fingerprint density at radius 2 is 1.70 bits per heavy atom. The van der Waals surface area contributed by atoms with Gasteiger partial charge in [-0.05, 0) is 85.7 Å². The van der Waals surface area contributed by atoms with Crippen molar-refractivity contribution in [3.8, 4) is 0 Å². The highest BCUT2D eigenvalue weighted by Gasteiger charge is 2.43. The fraction of sp³-hybridized carbons (Fsp3) is 0.364. The standard InChI is InChI=1S/C33H32F4N4O5S/c1-40-28-15-13-22(17-27(28)38-30(40)19-6-7-19)47(45,46)41(2)21-11-8-18(9-12-21)23-4-3-5-24(29(23)32(43)44)31(42)39-26-14-10-20(16-25(26)34)33(35,36)37/h8-17,19,23-24,29H,3-7H2,1-2H3,(H,39,42)(H,43,44)/t23-,24-,29-/m1/s1. The van der Waals surface area contributed by atoms with Crippen molar-refractivity contribution in [3.05, 3.63) is 83.4 Å². The smallest absolute Gasteiger partial charge is 0.416 e. The van der Waals surface area contributed by atoms with Gasteiger partial charge in [0.15, 0.2) is 0 Å². The van der Waals surface area contributed by atoms with Gasteiger partial charge in [0, 0.05) is 20.0 Å². The summed E-state index contributed by atoms with van der Waals surface area (Å²) in [5, 5.41) is 12.4. The number of carboxylic acids is 1. The number of sulfonamides is 1. The number of alkyl halides is 3. The molecule has 0 radical (unpaired) electrons. The third-order valence-electron chi connectivity index (χ3n) is 9.25. The van der Waals surface area contributed by atoms with E-state index in [0.717, 1.165) is 34.6 Å². The molecule has 248 valence electrons. The number of aromatic nitrogens is 2. The molecule has 2 N–H and O–H groups in total. The lowest BCUT2D eigenvalue weighted by molar-refractivity contribution is -0.148. The lowest BCUT2D eigenvalue weighted by atomic mass is 9.69. The van der Waals surface area contributed by atoms with Gasteiger partial charge in [0.1, 0.15) is 11.6 Å². The average Bonchev–Trinajstić information content (AvgIpc) is 3.83. The van der Waals surface area contributed by atoms with Gasteiger partial charge in [-0.3, -0.25) is 13.9 Å². The number of carbonyl (C=O) groups excluding carboxylic acids is 1. The van der Waals surface area contributed by atoms with Gasteiger partial charge < -0.3 is 15.0 Å². The molecule has 4 aromatic rings. The molecule has 1 aromatic heterocycles. The van der Waals surface area contributed by atoms with Gasteiger partial charge in [0.2, 0.25) is 5.91 Å². The van der Waals surface area contributed by atoms with Crippen LogP contribution in [0.5, 0.6) is 0 Å². The zero-order valence-corrected chi connectivity index (χ0v) is 26.3. The quantitative estimate of drug-likeness (QED) is 0.202. The number of hydrogen-bond acceptors (Lipinski definition) is 5. The molecule has 0 aliphatic heterocycles. The predicted octanol–water partition coefficient (Wildman–Crippen LogP) is 6.66. The second-order valence-corrected chi connectivity index (χ2v) is 14.2. The van der Waals surface area contributed by atoms with E-state index >= 15 is 0 Å². The highest BCUT2D eigenvalue weighted by Crippen LogP contribution is 2.43. The fourth-order valence-corrected chi connectivity index (χ4v) is 7.74. The molecule has 0 spiro atoms. The summed E-state index contributed by atoms with van der Waals surface area (Å²) >= 11 is 0. The van der Waals surface area contributed by atoms with E-state index in [4.69, 9.17) is 0 Å². The molecule has 0 unspecified atom stereocenters. The normalized spacial score (nSPS) is 20.3. The minimum atomic E-state index is -4.77. The van der Waals surface area contributed by atoms with Crippen molar-refractivity contribution < 1.29 is 40.7 Å². The van der Waals surface area contributed by atoms with Crippen LogP contribution in [-0.2, 0) is 32.8 Å². The Morgan fingerprint density at radius 3 is 2.32 bits per heavy atom. The molecule has 2 aliphatic carbocycles. The maximum Gasteiger partial charge on any atom is 0.416 e. The highest BCUT2D eigenvalue weighted by molar-refractivity contribution is 7.92. The van der Waals surface area contributed by atoms with E-state index in [-0.39, 0.29) is 17.4 Å². The van der Waals surface area contributed by atoms with Gasteiger partial charge in [-0.15, -0.1) is 0 Å². The maximum absolute atomic E-state index is 14.4. The van der Waals surface area contributed by atoms with Crippen LogP contribution >= 0.6 is 0 Å². The zero-order valence-electron chi connectivity index (χ0n) is 25.5. The molecule has 47 heavy (non-hydrogen) atoms. The van der Waals surface area contributed by atoms with Crippen molar-refractivity contribution >= 4 is 44.3 Å². The first-order valence-corrected chi connectivity index (χ1v) is 16.6. The second kappa shape index (κ2) is 12.0. The van der Waals surface area contributed by atoms with Crippen molar-refractivity contribution in [2.75, 3.05) is 16.7 Å². The van der Waals surface area contributed by atoms with Gasteiger partial charge in [0.25, 0.3) is 10.0 Å². The molecule has 9 nitrogen and oxygen atoms in total. The highest BCUT2D eigenvalue weighted by atomic mass is 32.2. The minimum absolute atomic E-state index is 0.0774. The van der Waals surface area contributed by atoms with E-state index in [1.165, 1.54) is 7.05 Å². The number of fused-ring (bicyclic) bond motifs is 1. The summed E-state index contributed by atoms with van der Waals surface area (Å²) in [7, 11) is -0.637. The number of aliphatic carboxylic acids is 1. The number of rotatable bonds is 8. The summed E-state index contributed by atoms with van der Waals surface area (Å²) in [6.45, 7) is 0. The Hall–Kier alpha value is -4.46. The number of aryl methyl sites for hydroxylation is 1. The largest absolute Gasteiger partial charge is 0.481 e. The molecule has 3 aromatic carbocycles. The van der Waals surface area contributed by atoms with Crippen molar-refractivity contribution in [3.63, 3.8) is 0 Å². The topological polar surface area (TPSA) is 122 Å². The van der Waals surface area contributed by atoms with Crippen LogP contribution in [0.2, 0.25) is 0 Å². The number of anilines is 2. The Balaban J connectivity index is 1.20. The molecule has 2 saturated carbocycles. The Bertz CT molecular complexity index is 1970. The van der Waals surface area contributed by atoms with Crippen LogP contribution in [0, 0.1) is 17.7 Å². The van der Waals surface area contributed by atoms with Gasteiger partial charge in [0.05, 0.1) is 44.7 Å². The molecular weight excluding hydrogens is 640 g/mol. The van der Waals surface area contributed by atoms with Crippen molar-refractivity contribution in [2.24, 2.45) is 18.9 Å². The van der Waals surface area contributed by atoms with Crippen molar-refractivity contribution in [1.82, 2.24) is 9.55 Å². The molecule has 1 amide bonds. The summed E-state index contributed by atoms with van der Waals surface area (Å²) in [6, 6.07) is 12.9. The Morgan fingerprint density at radius 1 is 1.00 bits per heavy atom. The molecule has 2 aliphatic rings. The molecule has 3 atom stereocenters. The van der Waals surface area contributed by atoms with E-state index in [2.05, 4.69) is 10.3 Å². The minimum Gasteiger partial charge on any atom is -0.481 e. The van der Waals surface area contributed by atoms with Crippen LogP contribution in [-0.4, -0.2) is 42.0 Å². The number of nitrogens with one attached hydrogen (secondary N) is 1. The van der Waals surface area contributed by atoms with E-state index in [1.807, 2.05) is 11.6 Å². The van der Waals surface area contributed by atoms with Gasteiger partial charge in [-0.2, -0.15) is 13.2 Å². The zero-order chi connectivity index (χ0) is 33.8. The van der Waals surface area contributed by atoms with E-state index in [1.54, 1.807) is 42.5 Å². The van der Waals surface area contributed by atoms with E-state index < -0.39 is 62.9 Å². The molecule has 1 heterocycles. The first-order valence-electron chi connectivity index (χ1n) is 15.1. The summed E-state index contributed by atoms with van der Waals surface area (Å²) < 4.78 is 83.5. The molecule has 2 fully saturated rings. The summed E-state index contributed by atoms with van der Waals surface area (Å²) in [5.41, 5.74) is 0.655. The SMILES string of the molecule is CN(c1ccc([C@H]2CCC[C@@H](C(=O)Nc3ccc(C(F)(F)F)cc3F)[C@@H]2C(=O)O)cc1)S(=O)(=O)c1ccc2c(c1)nc(C1CC1)n2C. The van der Waals surface area contributed by atoms with Crippen LogP contribution in [0.1, 0.15) is 60.9 Å². The van der Waals surface area contributed by atoms with Crippen LogP contribution in [0.4, 0.5) is 28.9 Å². The summed E-state index contributed by atoms with van der Waals surface area (Å²) in [6.07, 6.45) is -1.57. The number of amides is 1. The Labute approximate surface area is 268 Å². The third kappa shape index (κ3) is 6.18. The monoisotopic (exact) mass is 672 g/mol. The average molecular weight is 673 g/mol. The molecule has 6 rings (SSSR count). The van der Waals surface area contributed by atoms with Crippen LogP contribution in [0.3, 0.4) is 0 Å². The lowest BCUT2D eigenvalue weighted by Crippen LogP contribution is -2.40. The summed E-state index contributed by atoms with van der Waals surface area (Å²) in [5.74, 6) is -4.93. The van der Waals surface area contributed by atoms with E-state index in [0.29, 0.717) is 41.6 Å². The van der Waals surface area contributed by atoms with Gasteiger partial charge in [-0.1, -0.05) is 18.6 Å². The predicted molar refractivity (Wildman–Crippen MR) is 166 cm³/mol. The summed E-state index contributed by atoms with van der Waals surface area (Å²) in [4.78, 5) is 30.4. The van der Waals surface area contributed by atoms with Crippen LogP contribution in [0.25, 0.3) is 11.0 Å². The number of hydrogen-bond donors (Lipinski definition) is 2. The number of carbonyl (C=O) groups is 2. The van der Waals surface area contributed by atoms with Crippen LogP contribution in [0.15, 0.2) is 65.6 Å². The molecule has 0 bridgehead atoms. The van der Waals surface area contributed by atoms with E-state index in [9.17, 15) is 40.7 Å². The first-order chi connectivity index (χ1) is 22.2. The lowest BCUT2D eigenvalue weighted by Gasteiger charge is -2.35.